The van der Waals surface area contributed by atoms with Crippen LogP contribution < -0.4 is 10.6 Å². The Balaban J connectivity index is 0.00000243. The average Bonchev–Trinajstić information content (AvgIpc) is 3.14. The number of morpholine rings is 1. The van der Waals surface area contributed by atoms with Crippen molar-refractivity contribution in [1.29, 1.82) is 0 Å². The van der Waals surface area contributed by atoms with Gasteiger partial charge in [-0.2, -0.15) is 0 Å². The molecule has 2 N–H and O–H groups in total. The Morgan fingerprint density at radius 3 is 2.69 bits per heavy atom. The molecule has 1 fully saturated rings. The summed E-state index contributed by atoms with van der Waals surface area (Å²) in [5, 5.41) is 14.8. The molecule has 0 unspecified atom stereocenters. The molecule has 3 rings (SSSR count). The Morgan fingerprint density at radius 2 is 1.96 bits per heavy atom. The van der Waals surface area contributed by atoms with Crippen molar-refractivity contribution in [2.24, 2.45) is 4.99 Å². The summed E-state index contributed by atoms with van der Waals surface area (Å²) in [4.78, 5) is 6.65. The summed E-state index contributed by atoms with van der Waals surface area (Å²) in [5.41, 5.74) is 1.04. The molecule has 9 heteroatoms. The van der Waals surface area contributed by atoms with Gasteiger partial charge in [0.15, 0.2) is 11.8 Å². The maximum absolute atomic E-state index is 5.36. The molecule has 1 aromatic heterocycles. The summed E-state index contributed by atoms with van der Waals surface area (Å²) >= 11 is 0. The molecule has 1 aliphatic rings. The molecule has 26 heavy (non-hydrogen) atoms. The number of hydrogen-bond acceptors (Lipinski definition) is 5. The van der Waals surface area contributed by atoms with E-state index in [1.54, 1.807) is 13.4 Å². The van der Waals surface area contributed by atoms with Gasteiger partial charge in [-0.3, -0.25) is 14.5 Å². The molecule has 0 radical (unpaired) electrons. The number of ether oxygens (including phenoxy) is 1. The lowest BCUT2D eigenvalue weighted by atomic mass is 10.3. The highest BCUT2D eigenvalue weighted by atomic mass is 127. The van der Waals surface area contributed by atoms with E-state index < -0.39 is 0 Å². The molecule has 0 atom stereocenters. The van der Waals surface area contributed by atoms with Crippen molar-refractivity contribution in [3.63, 3.8) is 0 Å². The fraction of sp³-hybridized carbons (Fsp3) is 0.471. The Hall–Kier alpha value is -1.72. The normalized spacial score (nSPS) is 15.3. The predicted molar refractivity (Wildman–Crippen MR) is 112 cm³/mol. The van der Waals surface area contributed by atoms with Gasteiger partial charge in [0.05, 0.1) is 19.8 Å². The molecule has 8 nitrogen and oxygen atoms in total. The van der Waals surface area contributed by atoms with Crippen LogP contribution in [0.3, 0.4) is 0 Å². The fourth-order valence-corrected chi connectivity index (χ4v) is 2.72. The highest BCUT2D eigenvalue weighted by Gasteiger charge is 2.10. The van der Waals surface area contributed by atoms with Crippen molar-refractivity contribution in [3.8, 4) is 5.69 Å². The zero-order valence-corrected chi connectivity index (χ0v) is 17.3. The highest BCUT2D eigenvalue weighted by Crippen LogP contribution is 2.08. The van der Waals surface area contributed by atoms with Crippen LogP contribution in [0.5, 0.6) is 0 Å². The number of benzene rings is 1. The van der Waals surface area contributed by atoms with E-state index in [1.807, 2.05) is 34.9 Å². The number of hydrogen-bond donors (Lipinski definition) is 2. The van der Waals surface area contributed by atoms with Gasteiger partial charge in [0.2, 0.25) is 0 Å². The van der Waals surface area contributed by atoms with Crippen molar-refractivity contribution < 1.29 is 4.74 Å². The lowest BCUT2D eigenvalue weighted by molar-refractivity contribution is 0.0389. The maximum atomic E-state index is 5.36. The quantitative estimate of drug-likeness (QED) is 0.370. The third-order valence-corrected chi connectivity index (χ3v) is 4.11. The van der Waals surface area contributed by atoms with Gasteiger partial charge >= 0.3 is 0 Å². The lowest BCUT2D eigenvalue weighted by Gasteiger charge is -2.26. The van der Waals surface area contributed by atoms with Crippen molar-refractivity contribution in [3.05, 3.63) is 42.5 Å². The Kier molecular flexibility index (Phi) is 8.78. The van der Waals surface area contributed by atoms with E-state index in [0.717, 1.165) is 56.9 Å². The number of nitrogens with zero attached hydrogens (tertiary/aromatic N) is 5. The molecule has 1 aromatic carbocycles. The molecule has 0 saturated carbocycles. The second-order valence-electron chi connectivity index (χ2n) is 5.76. The summed E-state index contributed by atoms with van der Waals surface area (Å²) in [5.74, 6) is 1.60. The second-order valence-corrected chi connectivity index (χ2v) is 5.76. The van der Waals surface area contributed by atoms with E-state index in [1.165, 1.54) is 0 Å². The highest BCUT2D eigenvalue weighted by molar-refractivity contribution is 14.0. The Morgan fingerprint density at radius 1 is 1.19 bits per heavy atom. The molecule has 142 valence electrons. The van der Waals surface area contributed by atoms with Crippen molar-refractivity contribution in [1.82, 2.24) is 30.3 Å². The lowest BCUT2D eigenvalue weighted by Crippen LogP contribution is -2.44. The number of para-hydroxylation sites is 1. The van der Waals surface area contributed by atoms with Gasteiger partial charge in [0.1, 0.15) is 6.33 Å². The minimum atomic E-state index is 0. The summed E-state index contributed by atoms with van der Waals surface area (Å²) in [6.07, 6.45) is 1.72. The van der Waals surface area contributed by atoms with Gasteiger partial charge in [0, 0.05) is 38.9 Å². The van der Waals surface area contributed by atoms with Gasteiger partial charge in [-0.15, -0.1) is 34.2 Å². The summed E-state index contributed by atoms with van der Waals surface area (Å²) in [6, 6.07) is 10.0. The zero-order chi connectivity index (χ0) is 17.3. The van der Waals surface area contributed by atoms with E-state index in [9.17, 15) is 0 Å². The third-order valence-electron chi connectivity index (χ3n) is 4.11. The van der Waals surface area contributed by atoms with Crippen LogP contribution in [0.25, 0.3) is 5.69 Å². The SMILES string of the molecule is CN=C(NCCN1CCOCC1)NCc1nncn1-c1ccccc1.I. The molecule has 1 aliphatic heterocycles. The molecular formula is C17H26IN7O. The van der Waals surface area contributed by atoms with Crippen molar-refractivity contribution in [2.45, 2.75) is 6.54 Å². The maximum Gasteiger partial charge on any atom is 0.191 e. The van der Waals surface area contributed by atoms with E-state index in [4.69, 9.17) is 4.74 Å². The minimum Gasteiger partial charge on any atom is -0.379 e. The van der Waals surface area contributed by atoms with E-state index in [2.05, 4.69) is 30.7 Å². The second kappa shape index (κ2) is 11.1. The molecule has 2 heterocycles. The third kappa shape index (κ3) is 5.92. The molecule has 0 aliphatic carbocycles. The van der Waals surface area contributed by atoms with Crippen LogP contribution >= 0.6 is 24.0 Å². The Labute approximate surface area is 171 Å². The number of aliphatic imine (C=N–C) groups is 1. The number of aromatic nitrogens is 3. The standard InChI is InChI=1S/C17H25N7O.HI/c1-18-17(19-7-8-23-9-11-25-12-10-23)20-13-16-22-21-14-24(16)15-5-3-2-4-6-15;/h2-6,14H,7-13H2,1H3,(H2,18,19,20);1H. The monoisotopic (exact) mass is 471 g/mol. The van der Waals surface area contributed by atoms with Crippen LogP contribution in [0.4, 0.5) is 0 Å². The van der Waals surface area contributed by atoms with Crippen LogP contribution in [0.1, 0.15) is 5.82 Å². The van der Waals surface area contributed by atoms with Crippen LogP contribution in [0, 0.1) is 0 Å². The number of guanidine groups is 1. The minimum absolute atomic E-state index is 0. The van der Waals surface area contributed by atoms with E-state index in [-0.39, 0.29) is 24.0 Å². The largest absolute Gasteiger partial charge is 0.379 e. The van der Waals surface area contributed by atoms with Crippen LogP contribution in [-0.2, 0) is 11.3 Å². The summed E-state index contributed by atoms with van der Waals surface area (Å²) in [7, 11) is 1.77. The first-order valence-corrected chi connectivity index (χ1v) is 8.56. The first kappa shape index (κ1) is 20.6. The van der Waals surface area contributed by atoms with Gasteiger partial charge in [-0.25, -0.2) is 0 Å². The van der Waals surface area contributed by atoms with Crippen LogP contribution in [0.2, 0.25) is 0 Å². The van der Waals surface area contributed by atoms with Crippen molar-refractivity contribution in [2.75, 3.05) is 46.4 Å². The number of halogens is 1. The van der Waals surface area contributed by atoms with Crippen LogP contribution in [0.15, 0.2) is 41.7 Å². The van der Waals surface area contributed by atoms with E-state index >= 15 is 0 Å². The molecule has 0 bridgehead atoms. The summed E-state index contributed by atoms with van der Waals surface area (Å²) < 4.78 is 7.33. The number of rotatable bonds is 6. The summed E-state index contributed by atoms with van der Waals surface area (Å²) in [6.45, 7) is 5.99. The molecule has 2 aromatic rings. The smallest absolute Gasteiger partial charge is 0.191 e. The zero-order valence-electron chi connectivity index (χ0n) is 15.0. The first-order valence-electron chi connectivity index (χ1n) is 8.56. The molecule has 0 spiro atoms. The van der Waals surface area contributed by atoms with Crippen molar-refractivity contribution >= 4 is 29.9 Å². The van der Waals surface area contributed by atoms with Gasteiger partial charge in [0.25, 0.3) is 0 Å². The average molecular weight is 471 g/mol. The van der Waals surface area contributed by atoms with Gasteiger partial charge < -0.3 is 15.4 Å². The van der Waals surface area contributed by atoms with Gasteiger partial charge in [-0.1, -0.05) is 18.2 Å². The van der Waals surface area contributed by atoms with E-state index in [0.29, 0.717) is 6.54 Å². The fourth-order valence-electron chi connectivity index (χ4n) is 2.72. The molecular weight excluding hydrogens is 445 g/mol. The van der Waals surface area contributed by atoms with Crippen LogP contribution in [-0.4, -0.2) is 72.1 Å². The Bertz CT molecular complexity index is 671. The molecule has 1 saturated heterocycles. The number of nitrogens with one attached hydrogen (secondary N) is 2. The topological polar surface area (TPSA) is 79.6 Å². The molecule has 0 amide bonds. The predicted octanol–water partition coefficient (Wildman–Crippen LogP) is 0.883. The van der Waals surface area contributed by atoms with Gasteiger partial charge in [-0.05, 0) is 12.1 Å². The first-order chi connectivity index (χ1) is 12.4.